The van der Waals surface area contributed by atoms with E-state index in [0.717, 1.165) is 6.54 Å². The molecule has 0 amide bonds. The van der Waals surface area contributed by atoms with Gasteiger partial charge >= 0.3 is 0 Å². The van der Waals surface area contributed by atoms with Crippen LogP contribution >= 0.6 is 0 Å². The molecule has 1 rings (SSSR count). The predicted molar refractivity (Wildman–Crippen MR) is 67.0 cm³/mol. The smallest absolute Gasteiger partial charge is 0.00739 e. The molecular formula is C13H28N2. The van der Waals surface area contributed by atoms with Gasteiger partial charge in [-0.05, 0) is 38.3 Å². The summed E-state index contributed by atoms with van der Waals surface area (Å²) in [6.45, 7) is 10.4. The zero-order valence-electron chi connectivity index (χ0n) is 10.8. The molecule has 1 unspecified atom stereocenters. The SMILES string of the molecule is CC(N)C(C)(C)CN1CCCCCCC1. The summed E-state index contributed by atoms with van der Waals surface area (Å²) in [7, 11) is 0. The summed E-state index contributed by atoms with van der Waals surface area (Å²) >= 11 is 0. The van der Waals surface area contributed by atoms with Gasteiger partial charge in [-0.3, -0.25) is 0 Å². The Hall–Kier alpha value is -0.0800. The van der Waals surface area contributed by atoms with Crippen molar-refractivity contribution in [3.63, 3.8) is 0 Å². The molecule has 0 aromatic carbocycles. The lowest BCUT2D eigenvalue weighted by Crippen LogP contribution is -2.45. The van der Waals surface area contributed by atoms with Crippen LogP contribution in [-0.4, -0.2) is 30.6 Å². The van der Waals surface area contributed by atoms with Crippen molar-refractivity contribution in [2.75, 3.05) is 19.6 Å². The first kappa shape index (κ1) is 13.0. The summed E-state index contributed by atoms with van der Waals surface area (Å²) in [6, 6.07) is 0.281. The largest absolute Gasteiger partial charge is 0.327 e. The Labute approximate surface area is 95.2 Å². The van der Waals surface area contributed by atoms with Crippen LogP contribution in [0, 0.1) is 5.41 Å². The summed E-state index contributed by atoms with van der Waals surface area (Å²) in [6.07, 6.45) is 7.00. The summed E-state index contributed by atoms with van der Waals surface area (Å²) in [5, 5.41) is 0. The van der Waals surface area contributed by atoms with Gasteiger partial charge in [0.05, 0.1) is 0 Å². The molecule has 1 heterocycles. The molecule has 1 aliphatic heterocycles. The van der Waals surface area contributed by atoms with E-state index in [1.807, 2.05) is 0 Å². The molecule has 90 valence electrons. The maximum Gasteiger partial charge on any atom is 0.00739 e. The van der Waals surface area contributed by atoms with Crippen molar-refractivity contribution in [3.8, 4) is 0 Å². The van der Waals surface area contributed by atoms with Gasteiger partial charge in [0.2, 0.25) is 0 Å². The van der Waals surface area contributed by atoms with Crippen molar-refractivity contribution >= 4 is 0 Å². The number of nitrogens with zero attached hydrogens (tertiary/aromatic N) is 1. The predicted octanol–water partition coefficient (Wildman–Crippen LogP) is 2.63. The van der Waals surface area contributed by atoms with Gasteiger partial charge in [-0.15, -0.1) is 0 Å². The topological polar surface area (TPSA) is 29.3 Å². The number of hydrogen-bond donors (Lipinski definition) is 1. The van der Waals surface area contributed by atoms with Crippen LogP contribution in [0.1, 0.15) is 52.9 Å². The van der Waals surface area contributed by atoms with E-state index in [-0.39, 0.29) is 11.5 Å². The monoisotopic (exact) mass is 212 g/mol. The second-order valence-corrected chi connectivity index (χ2v) is 5.82. The minimum absolute atomic E-state index is 0.249. The Morgan fingerprint density at radius 3 is 2.00 bits per heavy atom. The minimum atomic E-state index is 0.249. The second-order valence-electron chi connectivity index (χ2n) is 5.82. The number of hydrogen-bond acceptors (Lipinski definition) is 2. The summed E-state index contributed by atoms with van der Waals surface area (Å²) in [5.41, 5.74) is 6.28. The first-order valence-corrected chi connectivity index (χ1v) is 6.50. The Morgan fingerprint density at radius 2 is 1.53 bits per heavy atom. The number of rotatable bonds is 3. The van der Waals surface area contributed by atoms with Gasteiger partial charge in [0.1, 0.15) is 0 Å². The van der Waals surface area contributed by atoms with E-state index in [1.165, 1.54) is 45.2 Å². The van der Waals surface area contributed by atoms with Crippen molar-refractivity contribution in [2.45, 2.75) is 58.9 Å². The highest BCUT2D eigenvalue weighted by molar-refractivity contribution is 4.81. The standard InChI is InChI=1S/C13H28N2/c1-12(14)13(2,3)11-15-9-7-5-4-6-8-10-15/h12H,4-11,14H2,1-3H3. The lowest BCUT2D eigenvalue weighted by molar-refractivity contribution is 0.147. The lowest BCUT2D eigenvalue weighted by atomic mass is 9.85. The fourth-order valence-corrected chi connectivity index (χ4v) is 2.19. The van der Waals surface area contributed by atoms with Gasteiger partial charge in [-0.2, -0.15) is 0 Å². The third-order valence-electron chi connectivity index (χ3n) is 3.81. The molecule has 2 heteroatoms. The van der Waals surface area contributed by atoms with Crippen molar-refractivity contribution in [2.24, 2.45) is 11.1 Å². The second kappa shape index (κ2) is 5.86. The lowest BCUT2D eigenvalue weighted by Gasteiger charge is -2.36. The maximum absolute atomic E-state index is 6.03. The van der Waals surface area contributed by atoms with Crippen LogP contribution in [0.3, 0.4) is 0 Å². The third kappa shape index (κ3) is 4.52. The summed E-state index contributed by atoms with van der Waals surface area (Å²) < 4.78 is 0. The highest BCUT2D eigenvalue weighted by atomic mass is 15.1. The van der Waals surface area contributed by atoms with E-state index in [0.29, 0.717) is 0 Å². The van der Waals surface area contributed by atoms with E-state index < -0.39 is 0 Å². The third-order valence-corrected chi connectivity index (χ3v) is 3.81. The molecule has 2 N–H and O–H groups in total. The van der Waals surface area contributed by atoms with Crippen molar-refractivity contribution in [1.29, 1.82) is 0 Å². The molecule has 0 saturated carbocycles. The van der Waals surface area contributed by atoms with E-state index in [1.54, 1.807) is 0 Å². The molecule has 0 spiro atoms. The molecule has 0 aromatic heterocycles. The highest BCUT2D eigenvalue weighted by Gasteiger charge is 2.25. The van der Waals surface area contributed by atoms with Crippen molar-refractivity contribution < 1.29 is 0 Å². The van der Waals surface area contributed by atoms with Gasteiger partial charge in [0.25, 0.3) is 0 Å². The van der Waals surface area contributed by atoms with Gasteiger partial charge in [0, 0.05) is 12.6 Å². The molecular weight excluding hydrogens is 184 g/mol. The van der Waals surface area contributed by atoms with Crippen LogP contribution in [0.4, 0.5) is 0 Å². The minimum Gasteiger partial charge on any atom is -0.327 e. The summed E-state index contributed by atoms with van der Waals surface area (Å²) in [5.74, 6) is 0. The number of likely N-dealkylation sites (tertiary alicyclic amines) is 1. The average Bonchev–Trinajstić information content (AvgIpc) is 2.09. The fourth-order valence-electron chi connectivity index (χ4n) is 2.19. The van der Waals surface area contributed by atoms with Crippen molar-refractivity contribution in [1.82, 2.24) is 4.90 Å². The van der Waals surface area contributed by atoms with Crippen LogP contribution < -0.4 is 5.73 Å². The quantitative estimate of drug-likeness (QED) is 0.779. The van der Waals surface area contributed by atoms with Crippen LogP contribution in [0.25, 0.3) is 0 Å². The molecule has 0 radical (unpaired) electrons. The molecule has 15 heavy (non-hydrogen) atoms. The first-order valence-electron chi connectivity index (χ1n) is 6.50. The summed E-state index contributed by atoms with van der Waals surface area (Å²) in [4.78, 5) is 2.61. The molecule has 0 aromatic rings. The van der Waals surface area contributed by atoms with Crippen LogP contribution in [0.5, 0.6) is 0 Å². The maximum atomic E-state index is 6.03. The Kier molecular flexibility index (Phi) is 5.07. The van der Waals surface area contributed by atoms with Gasteiger partial charge in [0.15, 0.2) is 0 Å². The molecule has 0 aliphatic carbocycles. The van der Waals surface area contributed by atoms with Gasteiger partial charge < -0.3 is 10.6 Å². The molecule has 1 fully saturated rings. The molecule has 2 nitrogen and oxygen atoms in total. The fraction of sp³-hybridized carbons (Fsp3) is 1.00. The van der Waals surface area contributed by atoms with Gasteiger partial charge in [-0.25, -0.2) is 0 Å². The van der Waals surface area contributed by atoms with Gasteiger partial charge in [-0.1, -0.05) is 33.1 Å². The van der Waals surface area contributed by atoms with E-state index in [4.69, 9.17) is 5.73 Å². The first-order chi connectivity index (χ1) is 7.02. The zero-order chi connectivity index (χ0) is 11.3. The molecule has 1 saturated heterocycles. The Bertz CT molecular complexity index is 167. The highest BCUT2D eigenvalue weighted by Crippen LogP contribution is 2.22. The van der Waals surface area contributed by atoms with Crippen molar-refractivity contribution in [3.05, 3.63) is 0 Å². The van der Waals surface area contributed by atoms with Crippen LogP contribution in [0.2, 0.25) is 0 Å². The normalized spacial score (nSPS) is 23.2. The molecule has 1 atom stereocenters. The molecule has 1 aliphatic rings. The molecule has 0 bridgehead atoms. The average molecular weight is 212 g/mol. The Balaban J connectivity index is 2.40. The zero-order valence-corrected chi connectivity index (χ0v) is 10.8. The number of nitrogens with two attached hydrogens (primary N) is 1. The van der Waals surface area contributed by atoms with E-state index in [9.17, 15) is 0 Å². The van der Waals surface area contributed by atoms with Crippen LogP contribution in [0.15, 0.2) is 0 Å². The van der Waals surface area contributed by atoms with Crippen LogP contribution in [-0.2, 0) is 0 Å². The van der Waals surface area contributed by atoms with E-state index in [2.05, 4.69) is 25.7 Å². The Morgan fingerprint density at radius 1 is 1.07 bits per heavy atom. The van der Waals surface area contributed by atoms with E-state index >= 15 is 0 Å².